The summed E-state index contributed by atoms with van der Waals surface area (Å²) in [6, 6.07) is 19.9. The molecule has 0 aromatic heterocycles. The Morgan fingerprint density at radius 2 is 1.71 bits per heavy atom. The first-order chi connectivity index (χ1) is 16.5. The molecule has 0 radical (unpaired) electrons. The Kier molecular flexibility index (Phi) is 8.76. The van der Waals surface area contributed by atoms with Gasteiger partial charge in [-0.25, -0.2) is 10.2 Å². The van der Waals surface area contributed by atoms with Gasteiger partial charge in [-0.2, -0.15) is 5.10 Å². The molecule has 3 aromatic carbocycles. The molecule has 3 rings (SSSR count). The lowest BCUT2D eigenvalue weighted by Gasteiger charge is -2.11. The van der Waals surface area contributed by atoms with Crippen LogP contribution >= 0.6 is 11.6 Å². The summed E-state index contributed by atoms with van der Waals surface area (Å²) in [5.41, 5.74) is 3.70. The van der Waals surface area contributed by atoms with Gasteiger partial charge in [-0.3, -0.25) is 9.59 Å². The number of carbonyl (C=O) groups excluding carboxylic acids is 3. The summed E-state index contributed by atoms with van der Waals surface area (Å²) in [5.74, 6) is -0.819. The molecule has 0 aliphatic rings. The van der Waals surface area contributed by atoms with E-state index in [1.54, 1.807) is 60.7 Å². The first-order valence-electron chi connectivity index (χ1n) is 10.4. The lowest BCUT2D eigenvalue weighted by atomic mass is 10.2. The Bertz CT molecular complexity index is 1200. The molecule has 0 saturated heterocycles. The maximum absolute atomic E-state index is 12.3. The van der Waals surface area contributed by atoms with Crippen LogP contribution in [0.1, 0.15) is 33.2 Å². The topological polar surface area (TPSA) is 106 Å². The number of nitrogens with zero attached hydrogens (tertiary/aromatic N) is 1. The predicted octanol–water partition coefficient (Wildman–Crippen LogP) is 3.84. The number of halogens is 1. The van der Waals surface area contributed by atoms with Gasteiger partial charge < -0.3 is 14.8 Å². The molecule has 0 spiro atoms. The molecule has 9 heteroatoms. The summed E-state index contributed by atoms with van der Waals surface area (Å²) >= 11 is 5.86. The average molecular weight is 480 g/mol. The third kappa shape index (κ3) is 7.18. The van der Waals surface area contributed by atoms with Crippen molar-refractivity contribution in [1.82, 2.24) is 10.7 Å². The second kappa shape index (κ2) is 12.2. The number of esters is 1. The molecule has 0 unspecified atom stereocenters. The smallest absolute Gasteiger partial charge is 0.343 e. The highest BCUT2D eigenvalue weighted by molar-refractivity contribution is 6.31. The first kappa shape index (κ1) is 24.5. The third-order valence-corrected chi connectivity index (χ3v) is 4.61. The standard InChI is InChI=1S/C25H22ClN3O5/c1-2-33-22-13-17(11-12-21(22)34-25(32)18-7-4-3-5-8-18)15-28-29-23(30)16-27-24(31)19-9-6-10-20(26)14-19/h3-15H,2,16H2,1H3,(H,27,31)(H,29,30)/b28-15-. The molecule has 8 nitrogen and oxygen atoms in total. The summed E-state index contributed by atoms with van der Waals surface area (Å²) in [4.78, 5) is 36.4. The number of benzene rings is 3. The van der Waals surface area contributed by atoms with Gasteiger partial charge in [0.25, 0.3) is 11.8 Å². The van der Waals surface area contributed by atoms with Gasteiger partial charge >= 0.3 is 5.97 Å². The Morgan fingerprint density at radius 1 is 0.941 bits per heavy atom. The zero-order valence-corrected chi connectivity index (χ0v) is 19.0. The molecular weight excluding hydrogens is 458 g/mol. The summed E-state index contributed by atoms with van der Waals surface area (Å²) in [6.45, 7) is 1.91. The predicted molar refractivity (Wildman–Crippen MR) is 129 cm³/mol. The molecule has 2 N–H and O–H groups in total. The van der Waals surface area contributed by atoms with Gasteiger partial charge in [-0.15, -0.1) is 0 Å². The molecular formula is C25H22ClN3O5. The molecule has 0 aliphatic carbocycles. The quantitative estimate of drug-likeness (QED) is 0.210. The Morgan fingerprint density at radius 3 is 2.44 bits per heavy atom. The monoisotopic (exact) mass is 479 g/mol. The van der Waals surface area contributed by atoms with Crippen LogP contribution in [0.4, 0.5) is 0 Å². The number of rotatable bonds is 9. The molecule has 0 aliphatic heterocycles. The lowest BCUT2D eigenvalue weighted by Crippen LogP contribution is -2.34. The molecule has 0 fully saturated rings. The Hall–Kier alpha value is -4.17. The van der Waals surface area contributed by atoms with Crippen molar-refractivity contribution in [2.24, 2.45) is 5.10 Å². The number of carbonyl (C=O) groups is 3. The fourth-order valence-electron chi connectivity index (χ4n) is 2.80. The summed E-state index contributed by atoms with van der Waals surface area (Å²) in [6.07, 6.45) is 1.40. The highest BCUT2D eigenvalue weighted by Gasteiger charge is 2.13. The van der Waals surface area contributed by atoms with Crippen LogP contribution in [0.25, 0.3) is 0 Å². The van der Waals surface area contributed by atoms with E-state index in [2.05, 4.69) is 15.8 Å². The van der Waals surface area contributed by atoms with Crippen LogP contribution in [-0.2, 0) is 4.79 Å². The van der Waals surface area contributed by atoms with Gasteiger partial charge in [-0.05, 0) is 61.0 Å². The SMILES string of the molecule is CCOc1cc(/C=N\NC(=O)CNC(=O)c2cccc(Cl)c2)ccc1OC(=O)c1ccccc1. The van der Waals surface area contributed by atoms with Gasteiger partial charge in [0.05, 0.1) is 24.9 Å². The third-order valence-electron chi connectivity index (χ3n) is 4.38. The van der Waals surface area contributed by atoms with Gasteiger partial charge in [-0.1, -0.05) is 35.9 Å². The minimum Gasteiger partial charge on any atom is -0.490 e. The molecule has 174 valence electrons. The molecule has 0 heterocycles. The van der Waals surface area contributed by atoms with Gasteiger partial charge in [0.1, 0.15) is 0 Å². The first-order valence-corrected chi connectivity index (χ1v) is 10.7. The zero-order valence-electron chi connectivity index (χ0n) is 18.3. The zero-order chi connectivity index (χ0) is 24.3. The number of hydrogen-bond donors (Lipinski definition) is 2. The van der Waals surface area contributed by atoms with E-state index in [9.17, 15) is 14.4 Å². The van der Waals surface area contributed by atoms with E-state index in [-0.39, 0.29) is 12.3 Å². The van der Waals surface area contributed by atoms with Gasteiger partial charge in [0.15, 0.2) is 11.5 Å². The summed E-state index contributed by atoms with van der Waals surface area (Å²) in [5, 5.41) is 6.80. The van der Waals surface area contributed by atoms with Crippen LogP contribution in [-0.4, -0.2) is 37.1 Å². The highest BCUT2D eigenvalue weighted by atomic mass is 35.5. The van der Waals surface area contributed by atoms with Crippen LogP contribution in [0.5, 0.6) is 11.5 Å². The molecule has 0 bridgehead atoms. The van der Waals surface area contributed by atoms with Crippen molar-refractivity contribution >= 4 is 35.6 Å². The van der Waals surface area contributed by atoms with E-state index in [1.165, 1.54) is 12.3 Å². The van der Waals surface area contributed by atoms with E-state index >= 15 is 0 Å². The van der Waals surface area contributed by atoms with Crippen molar-refractivity contribution in [3.8, 4) is 11.5 Å². The van der Waals surface area contributed by atoms with Crippen molar-refractivity contribution in [1.29, 1.82) is 0 Å². The van der Waals surface area contributed by atoms with Crippen LogP contribution in [0, 0.1) is 0 Å². The van der Waals surface area contributed by atoms with Gasteiger partial charge in [0.2, 0.25) is 0 Å². The van der Waals surface area contributed by atoms with E-state index < -0.39 is 17.8 Å². The van der Waals surface area contributed by atoms with Gasteiger partial charge in [0, 0.05) is 10.6 Å². The summed E-state index contributed by atoms with van der Waals surface area (Å²) in [7, 11) is 0. The Balaban J connectivity index is 1.56. The number of hydrazone groups is 1. The number of nitrogens with one attached hydrogen (secondary N) is 2. The fourth-order valence-corrected chi connectivity index (χ4v) is 2.99. The molecule has 3 aromatic rings. The van der Waals surface area contributed by atoms with E-state index in [1.807, 2.05) is 13.0 Å². The lowest BCUT2D eigenvalue weighted by molar-refractivity contribution is -0.120. The number of amides is 2. The molecule has 2 amide bonds. The second-order valence-electron chi connectivity index (χ2n) is 6.88. The minimum atomic E-state index is -0.509. The fraction of sp³-hybridized carbons (Fsp3) is 0.120. The van der Waals surface area contributed by atoms with E-state index in [0.717, 1.165) is 0 Å². The normalized spacial score (nSPS) is 10.5. The maximum atomic E-state index is 12.3. The Labute approximate surface area is 201 Å². The van der Waals surface area contributed by atoms with Crippen LogP contribution in [0.3, 0.4) is 0 Å². The van der Waals surface area contributed by atoms with E-state index in [0.29, 0.717) is 34.1 Å². The summed E-state index contributed by atoms with van der Waals surface area (Å²) < 4.78 is 11.0. The van der Waals surface area contributed by atoms with Crippen molar-refractivity contribution in [2.75, 3.05) is 13.2 Å². The molecule has 0 atom stereocenters. The van der Waals surface area contributed by atoms with Crippen LogP contribution in [0.2, 0.25) is 5.02 Å². The largest absolute Gasteiger partial charge is 0.490 e. The second-order valence-corrected chi connectivity index (χ2v) is 7.32. The maximum Gasteiger partial charge on any atom is 0.343 e. The van der Waals surface area contributed by atoms with Crippen molar-refractivity contribution < 1.29 is 23.9 Å². The number of ether oxygens (including phenoxy) is 2. The van der Waals surface area contributed by atoms with Crippen LogP contribution < -0.4 is 20.2 Å². The highest BCUT2D eigenvalue weighted by Crippen LogP contribution is 2.29. The number of hydrogen-bond acceptors (Lipinski definition) is 6. The van der Waals surface area contributed by atoms with Crippen LogP contribution in [0.15, 0.2) is 77.9 Å². The molecule has 34 heavy (non-hydrogen) atoms. The average Bonchev–Trinajstić information content (AvgIpc) is 2.84. The minimum absolute atomic E-state index is 0.263. The van der Waals surface area contributed by atoms with Crippen molar-refractivity contribution in [3.05, 3.63) is 94.5 Å². The van der Waals surface area contributed by atoms with Crippen molar-refractivity contribution in [3.63, 3.8) is 0 Å². The van der Waals surface area contributed by atoms with E-state index in [4.69, 9.17) is 21.1 Å². The van der Waals surface area contributed by atoms with Crippen molar-refractivity contribution in [2.45, 2.75) is 6.92 Å². The molecule has 0 saturated carbocycles.